The van der Waals surface area contributed by atoms with Crippen LogP contribution in [-0.4, -0.2) is 32.0 Å². The number of carbonyl (C=O) groups excluding carboxylic acids is 1. The van der Waals surface area contributed by atoms with Crippen molar-refractivity contribution in [2.75, 3.05) is 5.32 Å². The van der Waals surface area contributed by atoms with E-state index in [4.69, 9.17) is 5.11 Å². The Hall–Kier alpha value is -1.97. The van der Waals surface area contributed by atoms with Gasteiger partial charge in [0, 0.05) is 16.2 Å². The molecule has 8 heteroatoms. The highest BCUT2D eigenvalue weighted by molar-refractivity contribution is 14.1. The molecule has 1 amide bonds. The maximum atomic E-state index is 11.9. The van der Waals surface area contributed by atoms with Gasteiger partial charge in [0.05, 0.1) is 17.8 Å². The molecule has 1 aromatic carbocycles. The Labute approximate surface area is 134 Å². The fourth-order valence-corrected chi connectivity index (χ4v) is 2.19. The van der Waals surface area contributed by atoms with Gasteiger partial charge in [-0.15, -0.1) is 5.10 Å². The van der Waals surface area contributed by atoms with Crippen molar-refractivity contribution >= 4 is 40.2 Å². The fraction of sp³-hybridized carbons (Fsp3) is 0.231. The summed E-state index contributed by atoms with van der Waals surface area (Å²) in [5, 5.41) is 19.0. The van der Waals surface area contributed by atoms with Gasteiger partial charge in [-0.3, -0.25) is 9.59 Å². The predicted molar refractivity (Wildman–Crippen MR) is 83.8 cm³/mol. The first kappa shape index (κ1) is 15.4. The molecule has 0 saturated carbocycles. The summed E-state index contributed by atoms with van der Waals surface area (Å²) in [6.45, 7) is 0.0328. The number of para-hydroxylation sites is 1. The SMILES string of the molecule is O=C(O)CCc1cn(CC(=O)Nc2ccccc2I)nn1. The Morgan fingerprint density at radius 1 is 1.33 bits per heavy atom. The number of benzene rings is 1. The van der Waals surface area contributed by atoms with Crippen molar-refractivity contribution in [1.82, 2.24) is 15.0 Å². The second kappa shape index (κ2) is 7.16. The van der Waals surface area contributed by atoms with E-state index in [2.05, 4.69) is 38.2 Å². The van der Waals surface area contributed by atoms with Crippen LogP contribution in [0, 0.1) is 3.57 Å². The molecule has 0 fully saturated rings. The molecule has 7 nitrogen and oxygen atoms in total. The largest absolute Gasteiger partial charge is 0.481 e. The minimum absolute atomic E-state index is 0.00685. The Bertz CT molecular complexity index is 656. The number of amides is 1. The predicted octanol–water partition coefficient (Wildman–Crippen LogP) is 1.54. The topological polar surface area (TPSA) is 97.1 Å². The summed E-state index contributed by atoms with van der Waals surface area (Å²) in [5.41, 5.74) is 1.30. The van der Waals surface area contributed by atoms with Crippen molar-refractivity contribution < 1.29 is 14.7 Å². The number of halogens is 1. The molecule has 2 N–H and O–H groups in total. The molecular weight excluding hydrogens is 387 g/mol. The number of hydrogen-bond acceptors (Lipinski definition) is 4. The maximum absolute atomic E-state index is 11.9. The first-order valence-corrected chi connectivity index (χ1v) is 7.27. The van der Waals surface area contributed by atoms with Crippen LogP contribution < -0.4 is 5.32 Å². The van der Waals surface area contributed by atoms with Crippen molar-refractivity contribution in [1.29, 1.82) is 0 Å². The van der Waals surface area contributed by atoms with Crippen LogP contribution >= 0.6 is 22.6 Å². The molecule has 2 aromatic rings. The monoisotopic (exact) mass is 400 g/mol. The Kier molecular flexibility index (Phi) is 5.26. The van der Waals surface area contributed by atoms with E-state index >= 15 is 0 Å². The van der Waals surface area contributed by atoms with Crippen molar-refractivity contribution in [2.24, 2.45) is 0 Å². The van der Waals surface area contributed by atoms with E-state index in [1.54, 1.807) is 6.20 Å². The number of aromatic nitrogens is 3. The normalized spacial score (nSPS) is 10.3. The number of rotatable bonds is 6. The molecule has 2 rings (SSSR count). The molecule has 1 aromatic heterocycles. The molecular formula is C13H13IN4O3. The third kappa shape index (κ3) is 4.81. The van der Waals surface area contributed by atoms with E-state index in [9.17, 15) is 9.59 Å². The number of hydrogen-bond donors (Lipinski definition) is 2. The van der Waals surface area contributed by atoms with E-state index in [0.717, 1.165) is 9.26 Å². The van der Waals surface area contributed by atoms with Gasteiger partial charge in [-0.2, -0.15) is 0 Å². The van der Waals surface area contributed by atoms with E-state index in [-0.39, 0.29) is 18.9 Å². The number of carboxylic acid groups (broad SMARTS) is 1. The summed E-state index contributed by atoms with van der Waals surface area (Å²) in [7, 11) is 0. The van der Waals surface area contributed by atoms with Gasteiger partial charge in [0.25, 0.3) is 0 Å². The number of carboxylic acids is 1. The summed E-state index contributed by atoms with van der Waals surface area (Å²) in [6, 6.07) is 7.45. The van der Waals surface area contributed by atoms with Crippen LogP contribution in [0.3, 0.4) is 0 Å². The zero-order valence-electron chi connectivity index (χ0n) is 11.0. The molecule has 0 saturated heterocycles. The average molecular weight is 400 g/mol. The van der Waals surface area contributed by atoms with Crippen molar-refractivity contribution in [3.05, 3.63) is 39.7 Å². The minimum atomic E-state index is -0.888. The summed E-state index contributed by atoms with van der Waals surface area (Å²) in [5.74, 6) is -1.10. The lowest BCUT2D eigenvalue weighted by atomic mass is 10.2. The van der Waals surface area contributed by atoms with Gasteiger partial charge >= 0.3 is 5.97 Å². The Morgan fingerprint density at radius 2 is 2.10 bits per heavy atom. The highest BCUT2D eigenvalue weighted by atomic mass is 127. The molecule has 0 atom stereocenters. The number of anilines is 1. The fourth-order valence-electron chi connectivity index (χ4n) is 1.66. The lowest BCUT2D eigenvalue weighted by Gasteiger charge is -2.06. The van der Waals surface area contributed by atoms with E-state index in [1.807, 2.05) is 24.3 Å². The van der Waals surface area contributed by atoms with Crippen molar-refractivity contribution in [3.8, 4) is 0 Å². The van der Waals surface area contributed by atoms with E-state index in [0.29, 0.717) is 12.1 Å². The third-order valence-electron chi connectivity index (χ3n) is 2.63. The quantitative estimate of drug-likeness (QED) is 0.718. The molecule has 0 aliphatic heterocycles. The van der Waals surface area contributed by atoms with Crippen molar-refractivity contribution in [2.45, 2.75) is 19.4 Å². The number of aliphatic carboxylic acids is 1. The standard InChI is InChI=1S/C13H13IN4O3/c14-10-3-1-2-4-11(10)15-12(19)8-18-7-9(16-17-18)5-6-13(20)21/h1-4,7H,5-6,8H2,(H,15,19)(H,20,21). The molecule has 110 valence electrons. The van der Waals surface area contributed by atoms with Gasteiger partial charge in [0.1, 0.15) is 6.54 Å². The van der Waals surface area contributed by atoms with Crippen molar-refractivity contribution in [3.63, 3.8) is 0 Å². The highest BCUT2D eigenvalue weighted by Crippen LogP contribution is 2.16. The number of nitrogens with one attached hydrogen (secondary N) is 1. The van der Waals surface area contributed by atoms with Crippen LogP contribution in [0.2, 0.25) is 0 Å². The lowest BCUT2D eigenvalue weighted by Crippen LogP contribution is -2.19. The minimum Gasteiger partial charge on any atom is -0.481 e. The summed E-state index contributed by atoms with van der Waals surface area (Å²) in [4.78, 5) is 22.4. The van der Waals surface area contributed by atoms with Crippen LogP contribution in [0.15, 0.2) is 30.5 Å². The molecule has 0 unspecified atom stereocenters. The Balaban J connectivity index is 1.91. The zero-order chi connectivity index (χ0) is 15.2. The highest BCUT2D eigenvalue weighted by Gasteiger charge is 2.09. The first-order chi connectivity index (χ1) is 10.0. The van der Waals surface area contributed by atoms with Crippen LogP contribution in [0.5, 0.6) is 0 Å². The van der Waals surface area contributed by atoms with Gasteiger partial charge in [-0.1, -0.05) is 17.3 Å². The van der Waals surface area contributed by atoms with Gasteiger partial charge in [0.15, 0.2) is 0 Å². The van der Waals surface area contributed by atoms with Gasteiger partial charge < -0.3 is 10.4 Å². The molecule has 0 radical (unpaired) electrons. The van der Waals surface area contributed by atoms with Gasteiger partial charge in [-0.25, -0.2) is 4.68 Å². The molecule has 0 spiro atoms. The molecule has 21 heavy (non-hydrogen) atoms. The van der Waals surface area contributed by atoms with E-state index < -0.39 is 5.97 Å². The van der Waals surface area contributed by atoms with Crippen LogP contribution in [0.1, 0.15) is 12.1 Å². The van der Waals surface area contributed by atoms with Crippen LogP contribution in [-0.2, 0) is 22.6 Å². The molecule has 0 aliphatic rings. The van der Waals surface area contributed by atoms with E-state index in [1.165, 1.54) is 4.68 Å². The molecule has 1 heterocycles. The smallest absolute Gasteiger partial charge is 0.303 e. The van der Waals surface area contributed by atoms with Crippen LogP contribution in [0.4, 0.5) is 5.69 Å². The molecule has 0 aliphatic carbocycles. The average Bonchev–Trinajstić information content (AvgIpc) is 2.86. The van der Waals surface area contributed by atoms with Gasteiger partial charge in [0.2, 0.25) is 5.91 Å². The number of carbonyl (C=O) groups is 2. The summed E-state index contributed by atoms with van der Waals surface area (Å²) in [6.07, 6.45) is 1.87. The zero-order valence-corrected chi connectivity index (χ0v) is 13.1. The van der Waals surface area contributed by atoms with Gasteiger partial charge in [-0.05, 0) is 34.7 Å². The second-order valence-electron chi connectivity index (χ2n) is 4.33. The lowest BCUT2D eigenvalue weighted by molar-refractivity contribution is -0.137. The number of nitrogens with zero attached hydrogens (tertiary/aromatic N) is 3. The summed E-state index contributed by atoms with van der Waals surface area (Å²) >= 11 is 2.14. The number of aryl methyl sites for hydroxylation is 1. The third-order valence-corrected chi connectivity index (χ3v) is 3.58. The second-order valence-corrected chi connectivity index (χ2v) is 5.49. The summed E-state index contributed by atoms with van der Waals surface area (Å²) < 4.78 is 2.34. The Morgan fingerprint density at radius 3 is 2.81 bits per heavy atom. The molecule has 0 bridgehead atoms. The maximum Gasteiger partial charge on any atom is 0.303 e. The first-order valence-electron chi connectivity index (χ1n) is 6.20. The van der Waals surface area contributed by atoms with Crippen LogP contribution in [0.25, 0.3) is 0 Å².